The Morgan fingerprint density at radius 1 is 1.24 bits per heavy atom. The van der Waals surface area contributed by atoms with E-state index >= 15 is 0 Å². The average Bonchev–Trinajstić information content (AvgIpc) is 2.84. The molecule has 1 heterocycles. The summed E-state index contributed by atoms with van der Waals surface area (Å²) in [4.78, 5) is 40.7. The number of hydrogen-bond donors (Lipinski definition) is 1. The molecule has 0 saturated heterocycles. The number of rotatable bonds is 8. The molecule has 1 aromatic heterocycles. The van der Waals surface area contributed by atoms with Crippen LogP contribution in [-0.2, 0) is 11.3 Å². The molecule has 2 aromatic carbocycles. The zero-order valence-electron chi connectivity index (χ0n) is 18.3. The van der Waals surface area contributed by atoms with Crippen molar-refractivity contribution >= 4 is 51.5 Å². The van der Waals surface area contributed by atoms with Gasteiger partial charge in [0.05, 0.1) is 32.3 Å². The lowest BCUT2D eigenvalue weighted by Gasteiger charge is -2.16. The zero-order chi connectivity index (χ0) is 24.1. The van der Waals surface area contributed by atoms with E-state index in [0.717, 1.165) is 19.3 Å². The average molecular weight is 499 g/mol. The third-order valence-electron chi connectivity index (χ3n) is 5.64. The fraction of sp³-hybridized carbons (Fsp3) is 0.292. The quantitative estimate of drug-likeness (QED) is 0.143. The smallest absolute Gasteiger partial charge is 0.271 e. The number of thioether (sulfide) groups is 1. The van der Waals surface area contributed by atoms with Crippen LogP contribution in [-0.4, -0.2) is 26.1 Å². The molecule has 0 aliphatic heterocycles. The second-order valence-electron chi connectivity index (χ2n) is 7.98. The molecule has 3 aromatic rings. The maximum atomic E-state index is 13.2. The molecule has 0 bridgehead atoms. The van der Waals surface area contributed by atoms with Crippen LogP contribution in [0.2, 0.25) is 5.02 Å². The molecule has 1 N–H and O–H groups in total. The molecule has 0 atom stereocenters. The van der Waals surface area contributed by atoms with Gasteiger partial charge >= 0.3 is 0 Å². The Hall–Kier alpha value is -3.17. The highest BCUT2D eigenvalue weighted by atomic mass is 35.5. The highest BCUT2D eigenvalue weighted by Crippen LogP contribution is 2.27. The van der Waals surface area contributed by atoms with Crippen LogP contribution in [0.4, 0.5) is 11.4 Å². The van der Waals surface area contributed by atoms with Gasteiger partial charge in [-0.3, -0.25) is 24.3 Å². The molecule has 0 fully saturated rings. The van der Waals surface area contributed by atoms with Gasteiger partial charge in [0.2, 0.25) is 5.91 Å². The summed E-state index contributed by atoms with van der Waals surface area (Å²) in [6.07, 6.45) is 7.54. The molecule has 0 radical (unpaired) electrons. The number of nitro groups is 1. The van der Waals surface area contributed by atoms with Crippen molar-refractivity contribution < 1.29 is 9.72 Å². The van der Waals surface area contributed by atoms with E-state index in [0.29, 0.717) is 22.6 Å². The lowest BCUT2D eigenvalue weighted by molar-refractivity contribution is -0.384. The SMILES string of the molecule is O=C(CSc1nc2ccccc2c(=O)n1CCC1=CCCCC1)Nc1ccc([N+](=O)[O-])cc1Cl. The number of nitrogens with one attached hydrogen (secondary N) is 1. The van der Waals surface area contributed by atoms with E-state index in [4.69, 9.17) is 11.6 Å². The van der Waals surface area contributed by atoms with E-state index in [1.165, 1.54) is 48.4 Å². The Labute approximate surface area is 205 Å². The molecule has 176 valence electrons. The van der Waals surface area contributed by atoms with Crippen LogP contribution in [0, 0.1) is 10.1 Å². The topological polar surface area (TPSA) is 107 Å². The standard InChI is InChI=1S/C24H23ClN4O4S/c25-19-14-17(29(32)33)10-11-21(19)26-22(30)15-34-24-27-20-9-5-4-8-18(20)23(31)28(24)13-12-16-6-2-1-3-7-16/h4-6,8-11,14H,1-3,7,12-13,15H2,(H,26,30). The molecule has 1 aliphatic rings. The van der Waals surface area contributed by atoms with Gasteiger partial charge < -0.3 is 5.32 Å². The van der Waals surface area contributed by atoms with E-state index < -0.39 is 4.92 Å². The number of nitro benzene ring substituents is 1. The Morgan fingerprint density at radius 3 is 2.79 bits per heavy atom. The van der Waals surface area contributed by atoms with Crippen molar-refractivity contribution in [3.8, 4) is 0 Å². The van der Waals surface area contributed by atoms with Crippen LogP contribution in [0.1, 0.15) is 32.1 Å². The lowest BCUT2D eigenvalue weighted by atomic mass is 9.97. The molecular weight excluding hydrogens is 476 g/mol. The van der Waals surface area contributed by atoms with Crippen LogP contribution in [0.25, 0.3) is 10.9 Å². The molecule has 10 heteroatoms. The highest BCUT2D eigenvalue weighted by Gasteiger charge is 2.16. The van der Waals surface area contributed by atoms with Crippen molar-refractivity contribution in [2.45, 2.75) is 43.8 Å². The summed E-state index contributed by atoms with van der Waals surface area (Å²) in [5.74, 6) is -0.356. The van der Waals surface area contributed by atoms with Crippen molar-refractivity contribution in [1.29, 1.82) is 0 Å². The van der Waals surface area contributed by atoms with Crippen molar-refractivity contribution in [3.63, 3.8) is 0 Å². The van der Waals surface area contributed by atoms with Crippen LogP contribution in [0.3, 0.4) is 0 Å². The molecule has 1 aliphatic carbocycles. The number of non-ortho nitro benzene ring substituents is 1. The second kappa shape index (κ2) is 10.8. The summed E-state index contributed by atoms with van der Waals surface area (Å²) < 4.78 is 1.65. The minimum Gasteiger partial charge on any atom is -0.324 e. The molecular formula is C24H23ClN4O4S. The van der Waals surface area contributed by atoms with E-state index in [9.17, 15) is 19.7 Å². The molecule has 0 spiro atoms. The number of anilines is 1. The number of amides is 1. The van der Waals surface area contributed by atoms with Crippen molar-refractivity contribution in [2.75, 3.05) is 11.1 Å². The number of hydrogen-bond acceptors (Lipinski definition) is 6. The van der Waals surface area contributed by atoms with Crippen molar-refractivity contribution in [3.05, 3.63) is 79.6 Å². The van der Waals surface area contributed by atoms with Gasteiger partial charge in [-0.2, -0.15) is 0 Å². The maximum Gasteiger partial charge on any atom is 0.271 e. The predicted molar refractivity (Wildman–Crippen MR) is 135 cm³/mol. The minimum absolute atomic E-state index is 0.000787. The number of aromatic nitrogens is 2. The van der Waals surface area contributed by atoms with Crippen molar-refractivity contribution in [1.82, 2.24) is 9.55 Å². The largest absolute Gasteiger partial charge is 0.324 e. The first kappa shape index (κ1) is 24.0. The molecule has 34 heavy (non-hydrogen) atoms. The number of carbonyl (C=O) groups is 1. The van der Waals surface area contributed by atoms with E-state index in [-0.39, 0.29) is 33.6 Å². The first-order chi connectivity index (χ1) is 16.4. The first-order valence-electron chi connectivity index (χ1n) is 11.0. The van der Waals surface area contributed by atoms with Gasteiger partial charge in [-0.25, -0.2) is 4.98 Å². The Morgan fingerprint density at radius 2 is 2.06 bits per heavy atom. The third-order valence-corrected chi connectivity index (χ3v) is 6.93. The van der Waals surface area contributed by atoms with Gasteiger partial charge in [-0.1, -0.05) is 47.1 Å². The molecule has 0 saturated carbocycles. The summed E-state index contributed by atoms with van der Waals surface area (Å²) in [6.45, 7) is 0.501. The number of fused-ring (bicyclic) bond motifs is 1. The fourth-order valence-electron chi connectivity index (χ4n) is 3.88. The third kappa shape index (κ3) is 5.66. The molecule has 4 rings (SSSR count). The van der Waals surface area contributed by atoms with Gasteiger partial charge in [-0.05, 0) is 50.3 Å². The predicted octanol–water partition coefficient (Wildman–Crippen LogP) is 5.58. The molecule has 8 nitrogen and oxygen atoms in total. The van der Waals surface area contributed by atoms with E-state index in [1.54, 1.807) is 16.7 Å². The number of benzene rings is 2. The normalized spacial score (nSPS) is 13.5. The number of para-hydroxylation sites is 1. The Balaban J connectivity index is 1.52. The van der Waals surface area contributed by atoms with Crippen LogP contribution in [0.5, 0.6) is 0 Å². The van der Waals surface area contributed by atoms with Gasteiger partial charge in [0, 0.05) is 18.7 Å². The van der Waals surface area contributed by atoms with E-state index in [2.05, 4.69) is 16.4 Å². The fourth-order valence-corrected chi connectivity index (χ4v) is 4.92. The Bertz CT molecular complexity index is 1340. The van der Waals surface area contributed by atoms with Gasteiger partial charge in [-0.15, -0.1) is 0 Å². The van der Waals surface area contributed by atoms with Crippen LogP contribution < -0.4 is 10.9 Å². The lowest BCUT2D eigenvalue weighted by Crippen LogP contribution is -2.24. The highest BCUT2D eigenvalue weighted by molar-refractivity contribution is 7.99. The summed E-state index contributed by atoms with van der Waals surface area (Å²) in [5, 5.41) is 14.6. The second-order valence-corrected chi connectivity index (χ2v) is 9.33. The molecule has 0 unspecified atom stereocenters. The summed E-state index contributed by atoms with van der Waals surface area (Å²) in [5.41, 5.74) is 1.94. The zero-order valence-corrected chi connectivity index (χ0v) is 19.9. The van der Waals surface area contributed by atoms with Crippen molar-refractivity contribution in [2.24, 2.45) is 0 Å². The number of nitrogens with zero attached hydrogens (tertiary/aromatic N) is 3. The van der Waals surface area contributed by atoms with Gasteiger partial charge in [0.1, 0.15) is 0 Å². The number of carbonyl (C=O) groups excluding carboxylic acids is 1. The monoisotopic (exact) mass is 498 g/mol. The van der Waals surface area contributed by atoms with Gasteiger partial charge in [0.25, 0.3) is 11.2 Å². The molecule has 1 amide bonds. The van der Waals surface area contributed by atoms with Gasteiger partial charge in [0.15, 0.2) is 5.16 Å². The number of allylic oxidation sites excluding steroid dienone is 2. The minimum atomic E-state index is -0.554. The van der Waals surface area contributed by atoms with E-state index in [1.807, 2.05) is 12.1 Å². The number of halogens is 1. The van der Waals surface area contributed by atoms with Crippen LogP contribution >= 0.6 is 23.4 Å². The summed E-state index contributed by atoms with van der Waals surface area (Å²) in [7, 11) is 0. The Kier molecular flexibility index (Phi) is 7.64. The van der Waals surface area contributed by atoms with Crippen LogP contribution in [0.15, 0.2) is 64.1 Å². The summed E-state index contributed by atoms with van der Waals surface area (Å²) in [6, 6.07) is 11.0. The first-order valence-corrected chi connectivity index (χ1v) is 12.3. The summed E-state index contributed by atoms with van der Waals surface area (Å²) >= 11 is 7.25. The maximum absolute atomic E-state index is 13.2.